The first-order chi connectivity index (χ1) is 26.3. The predicted molar refractivity (Wildman–Crippen MR) is 218 cm³/mol. The van der Waals surface area contributed by atoms with Gasteiger partial charge < -0.3 is 0 Å². The third-order valence-electron chi connectivity index (χ3n) is 10.0. The summed E-state index contributed by atoms with van der Waals surface area (Å²) in [5, 5.41) is 3.31. The van der Waals surface area contributed by atoms with Gasteiger partial charge >= 0.3 is 0 Å². The third-order valence-corrected chi connectivity index (χ3v) is 10.0. The smallest absolute Gasteiger partial charge is 0.160 e. The Kier molecular flexibility index (Phi) is 7.43. The summed E-state index contributed by atoms with van der Waals surface area (Å²) < 4.78 is 2.17. The number of nitrogens with zero attached hydrogens (tertiary/aromatic N) is 4. The lowest BCUT2D eigenvalue weighted by Crippen LogP contribution is -1.97. The molecule has 248 valence electrons. The van der Waals surface area contributed by atoms with Crippen LogP contribution in [0, 0.1) is 0 Å². The number of imidazole rings is 1. The molecule has 0 amide bonds. The van der Waals surface area contributed by atoms with Crippen molar-refractivity contribution in [1.29, 1.82) is 0 Å². The van der Waals surface area contributed by atoms with Crippen molar-refractivity contribution in [2.24, 2.45) is 0 Å². The predicted octanol–water partition coefficient (Wildman–Crippen LogP) is 12.4. The van der Waals surface area contributed by atoms with E-state index in [4.69, 9.17) is 15.0 Å². The molecule has 0 bridgehead atoms. The van der Waals surface area contributed by atoms with Crippen molar-refractivity contribution in [3.05, 3.63) is 194 Å². The maximum Gasteiger partial charge on any atom is 0.160 e. The molecule has 10 rings (SSSR count). The van der Waals surface area contributed by atoms with Gasteiger partial charge in [0, 0.05) is 39.2 Å². The van der Waals surface area contributed by atoms with Crippen LogP contribution < -0.4 is 0 Å². The molecule has 0 N–H and O–H groups in total. The van der Waals surface area contributed by atoms with Crippen molar-refractivity contribution < 1.29 is 0 Å². The SMILES string of the molecule is c1ccc(-c2cc(-c3ccc(-c4nc5ccccn5c4-c4ccccc4)cc3)cc(-c3nc(-c4ccccc4)c4ccc5ccccc5c4n3)c2)cc1. The Morgan fingerprint density at radius 3 is 1.64 bits per heavy atom. The largest absolute Gasteiger partial charge is 0.299 e. The number of aromatic nitrogens is 4. The molecule has 7 aromatic carbocycles. The maximum atomic E-state index is 5.32. The molecule has 0 spiro atoms. The van der Waals surface area contributed by atoms with Crippen LogP contribution in [0.1, 0.15) is 0 Å². The average molecular weight is 677 g/mol. The highest BCUT2D eigenvalue weighted by atomic mass is 15.0. The van der Waals surface area contributed by atoms with Crippen LogP contribution in [0.5, 0.6) is 0 Å². The second kappa shape index (κ2) is 12.9. The first-order valence-corrected chi connectivity index (χ1v) is 17.9. The van der Waals surface area contributed by atoms with Gasteiger partial charge in [-0.05, 0) is 64.0 Å². The molecule has 4 heteroatoms. The van der Waals surface area contributed by atoms with E-state index in [2.05, 4.69) is 180 Å². The first kappa shape index (κ1) is 30.6. The minimum atomic E-state index is 0.695. The summed E-state index contributed by atoms with van der Waals surface area (Å²) in [5.74, 6) is 0.695. The lowest BCUT2D eigenvalue weighted by Gasteiger charge is -2.14. The zero-order valence-corrected chi connectivity index (χ0v) is 28.8. The molecule has 0 atom stereocenters. The molecule has 4 nitrogen and oxygen atoms in total. The number of benzene rings is 7. The Hall–Kier alpha value is -7.17. The van der Waals surface area contributed by atoms with Crippen molar-refractivity contribution in [1.82, 2.24) is 19.4 Å². The Morgan fingerprint density at radius 1 is 0.340 bits per heavy atom. The van der Waals surface area contributed by atoms with Crippen LogP contribution in [0.3, 0.4) is 0 Å². The van der Waals surface area contributed by atoms with E-state index in [-0.39, 0.29) is 0 Å². The number of hydrogen-bond acceptors (Lipinski definition) is 3. The number of rotatable bonds is 6. The molecule has 0 fully saturated rings. The molecule has 0 unspecified atom stereocenters. The monoisotopic (exact) mass is 676 g/mol. The molecule has 0 aliphatic carbocycles. The number of hydrogen-bond donors (Lipinski definition) is 0. The fraction of sp³-hybridized carbons (Fsp3) is 0. The zero-order valence-electron chi connectivity index (χ0n) is 28.8. The van der Waals surface area contributed by atoms with E-state index in [1.807, 2.05) is 18.2 Å². The second-order valence-corrected chi connectivity index (χ2v) is 13.3. The summed E-state index contributed by atoms with van der Waals surface area (Å²) >= 11 is 0. The van der Waals surface area contributed by atoms with Gasteiger partial charge in [0.2, 0.25) is 0 Å². The number of fused-ring (bicyclic) bond motifs is 4. The molecule has 0 saturated heterocycles. The van der Waals surface area contributed by atoms with E-state index in [0.717, 1.165) is 88.9 Å². The summed E-state index contributed by atoms with van der Waals surface area (Å²) in [6.45, 7) is 0. The van der Waals surface area contributed by atoms with Gasteiger partial charge in [-0.1, -0.05) is 152 Å². The van der Waals surface area contributed by atoms with Gasteiger partial charge in [0.25, 0.3) is 0 Å². The van der Waals surface area contributed by atoms with Crippen LogP contribution in [0.4, 0.5) is 0 Å². The van der Waals surface area contributed by atoms with Gasteiger partial charge in [-0.2, -0.15) is 0 Å². The van der Waals surface area contributed by atoms with E-state index in [1.165, 1.54) is 0 Å². The Morgan fingerprint density at radius 2 is 0.906 bits per heavy atom. The van der Waals surface area contributed by atoms with Gasteiger partial charge in [-0.3, -0.25) is 4.40 Å². The lowest BCUT2D eigenvalue weighted by atomic mass is 9.94. The van der Waals surface area contributed by atoms with E-state index < -0.39 is 0 Å². The quantitative estimate of drug-likeness (QED) is 0.165. The normalized spacial score (nSPS) is 11.4. The van der Waals surface area contributed by atoms with Crippen LogP contribution in [0.2, 0.25) is 0 Å². The Balaban J connectivity index is 1.15. The van der Waals surface area contributed by atoms with Crippen molar-refractivity contribution >= 4 is 27.3 Å². The van der Waals surface area contributed by atoms with Gasteiger partial charge in [0.1, 0.15) is 5.65 Å². The van der Waals surface area contributed by atoms with Crippen LogP contribution in [0.15, 0.2) is 194 Å². The summed E-state index contributed by atoms with van der Waals surface area (Å²) in [6.07, 6.45) is 2.08. The highest BCUT2D eigenvalue weighted by molar-refractivity contribution is 6.09. The van der Waals surface area contributed by atoms with Crippen molar-refractivity contribution in [3.63, 3.8) is 0 Å². The summed E-state index contributed by atoms with van der Waals surface area (Å²) in [4.78, 5) is 15.7. The second-order valence-electron chi connectivity index (χ2n) is 13.3. The first-order valence-electron chi connectivity index (χ1n) is 17.9. The molecule has 0 aliphatic heterocycles. The van der Waals surface area contributed by atoms with Crippen LogP contribution in [-0.2, 0) is 0 Å². The summed E-state index contributed by atoms with van der Waals surface area (Å²) in [7, 11) is 0. The van der Waals surface area contributed by atoms with Crippen molar-refractivity contribution in [3.8, 4) is 67.4 Å². The van der Waals surface area contributed by atoms with Crippen molar-refractivity contribution in [2.45, 2.75) is 0 Å². The van der Waals surface area contributed by atoms with E-state index >= 15 is 0 Å². The van der Waals surface area contributed by atoms with Crippen LogP contribution >= 0.6 is 0 Å². The Labute approximate surface area is 307 Å². The molecule has 3 heterocycles. The fourth-order valence-corrected chi connectivity index (χ4v) is 7.42. The molecular formula is C49H32N4. The standard InChI is InChI=1S/C49H32N4/c1-4-14-33(15-5-1)39-30-40(34-23-25-37(26-24-34)46-48(38-19-8-3-9-20-38)53-29-13-12-22-44(53)50-46)32-41(31-39)49-51-45(36-17-6-2-7-18-36)43-28-27-35-16-10-11-21-42(35)47(43)52-49/h1-32H. The van der Waals surface area contributed by atoms with E-state index in [0.29, 0.717) is 5.82 Å². The van der Waals surface area contributed by atoms with Gasteiger partial charge in [0.15, 0.2) is 5.82 Å². The number of pyridine rings is 1. The topological polar surface area (TPSA) is 43.1 Å². The molecule has 0 saturated carbocycles. The Bertz CT molecular complexity index is 2910. The molecule has 10 aromatic rings. The highest BCUT2D eigenvalue weighted by Crippen LogP contribution is 2.38. The van der Waals surface area contributed by atoms with Crippen LogP contribution in [-0.4, -0.2) is 19.4 Å². The summed E-state index contributed by atoms with van der Waals surface area (Å²) in [6, 6.07) is 65.9. The van der Waals surface area contributed by atoms with Gasteiger partial charge in [-0.15, -0.1) is 0 Å². The fourth-order valence-electron chi connectivity index (χ4n) is 7.42. The molecule has 53 heavy (non-hydrogen) atoms. The van der Waals surface area contributed by atoms with E-state index in [9.17, 15) is 0 Å². The molecule has 3 aromatic heterocycles. The zero-order chi connectivity index (χ0) is 35.1. The highest BCUT2D eigenvalue weighted by Gasteiger charge is 2.18. The minimum Gasteiger partial charge on any atom is -0.299 e. The molecule has 0 aliphatic rings. The maximum absolute atomic E-state index is 5.32. The summed E-state index contributed by atoms with van der Waals surface area (Å²) in [5.41, 5.74) is 13.5. The molecule has 0 radical (unpaired) electrons. The van der Waals surface area contributed by atoms with Gasteiger partial charge in [-0.25, -0.2) is 15.0 Å². The third kappa shape index (κ3) is 5.54. The lowest BCUT2D eigenvalue weighted by molar-refractivity contribution is 1.19. The molecular weight excluding hydrogens is 645 g/mol. The van der Waals surface area contributed by atoms with Gasteiger partial charge in [0.05, 0.1) is 22.6 Å². The van der Waals surface area contributed by atoms with E-state index in [1.54, 1.807) is 0 Å². The minimum absolute atomic E-state index is 0.695. The average Bonchev–Trinajstić information content (AvgIpc) is 3.64. The van der Waals surface area contributed by atoms with Crippen molar-refractivity contribution in [2.75, 3.05) is 0 Å². The van der Waals surface area contributed by atoms with Crippen LogP contribution in [0.25, 0.3) is 94.7 Å².